The molecule has 0 aliphatic carbocycles. The predicted molar refractivity (Wildman–Crippen MR) is 43.9 cm³/mol. The van der Waals surface area contributed by atoms with E-state index in [4.69, 9.17) is 5.73 Å². The van der Waals surface area contributed by atoms with Gasteiger partial charge >= 0.3 is 0 Å². The zero-order valence-electron chi connectivity index (χ0n) is 6.41. The Morgan fingerprint density at radius 3 is 3.18 bits per heavy atom. The SMILES string of the molecule is CN=C(N)NNN1C=NCC1. The molecular formula is C5H12N6. The van der Waals surface area contributed by atoms with Gasteiger partial charge in [0, 0.05) is 7.05 Å². The van der Waals surface area contributed by atoms with Crippen LogP contribution in [0, 0.1) is 0 Å². The molecule has 0 unspecified atom stereocenters. The van der Waals surface area contributed by atoms with Gasteiger partial charge in [-0.3, -0.25) is 20.4 Å². The lowest BCUT2D eigenvalue weighted by Gasteiger charge is -2.15. The molecule has 4 N–H and O–H groups in total. The van der Waals surface area contributed by atoms with Crippen LogP contribution < -0.4 is 16.7 Å². The second-order valence-corrected chi connectivity index (χ2v) is 2.06. The van der Waals surface area contributed by atoms with Gasteiger partial charge in [0.15, 0.2) is 0 Å². The van der Waals surface area contributed by atoms with Crippen molar-refractivity contribution >= 4 is 12.3 Å². The Labute approximate surface area is 65.1 Å². The molecule has 0 saturated heterocycles. The van der Waals surface area contributed by atoms with Crippen molar-refractivity contribution in [1.82, 2.24) is 16.0 Å². The first-order valence-electron chi connectivity index (χ1n) is 3.33. The number of aliphatic imine (C=N–C) groups is 2. The fourth-order valence-corrected chi connectivity index (χ4v) is 0.649. The van der Waals surface area contributed by atoms with Crippen LogP contribution >= 0.6 is 0 Å². The number of guanidine groups is 1. The van der Waals surface area contributed by atoms with Crippen LogP contribution in [0.1, 0.15) is 0 Å². The summed E-state index contributed by atoms with van der Waals surface area (Å²) in [4.78, 5) is 7.69. The minimum Gasteiger partial charge on any atom is -0.369 e. The summed E-state index contributed by atoms with van der Waals surface area (Å²) in [6.45, 7) is 1.67. The van der Waals surface area contributed by atoms with Gasteiger partial charge < -0.3 is 5.73 Å². The maximum atomic E-state index is 5.36. The molecule has 0 spiro atoms. The van der Waals surface area contributed by atoms with Gasteiger partial charge in [-0.05, 0) is 0 Å². The predicted octanol–water partition coefficient (Wildman–Crippen LogP) is -1.72. The maximum Gasteiger partial charge on any atom is 0.204 e. The lowest BCUT2D eigenvalue weighted by atomic mass is 10.7. The lowest BCUT2D eigenvalue weighted by molar-refractivity contribution is 0.318. The smallest absolute Gasteiger partial charge is 0.204 e. The Morgan fingerprint density at radius 2 is 2.64 bits per heavy atom. The first kappa shape index (κ1) is 7.80. The van der Waals surface area contributed by atoms with Crippen LogP contribution in [-0.4, -0.2) is 37.4 Å². The fourth-order valence-electron chi connectivity index (χ4n) is 0.649. The number of nitrogens with one attached hydrogen (secondary N) is 2. The fraction of sp³-hybridized carbons (Fsp3) is 0.600. The highest BCUT2D eigenvalue weighted by atomic mass is 15.7. The van der Waals surface area contributed by atoms with Crippen LogP contribution in [0.4, 0.5) is 0 Å². The summed E-state index contributed by atoms with van der Waals surface area (Å²) < 4.78 is 0. The van der Waals surface area contributed by atoms with E-state index < -0.39 is 0 Å². The number of hydrogen-bond acceptors (Lipinski definition) is 4. The van der Waals surface area contributed by atoms with Gasteiger partial charge in [0.05, 0.1) is 13.1 Å². The highest BCUT2D eigenvalue weighted by Gasteiger charge is 2.02. The molecule has 0 fully saturated rings. The molecule has 6 heteroatoms. The van der Waals surface area contributed by atoms with Crippen molar-refractivity contribution in [2.24, 2.45) is 15.7 Å². The molecule has 1 rings (SSSR count). The van der Waals surface area contributed by atoms with Gasteiger partial charge in [0.2, 0.25) is 5.96 Å². The Bertz CT molecular complexity index is 174. The van der Waals surface area contributed by atoms with Crippen LogP contribution in [0.5, 0.6) is 0 Å². The quantitative estimate of drug-likeness (QED) is 0.252. The molecule has 0 bridgehead atoms. The van der Waals surface area contributed by atoms with E-state index in [2.05, 4.69) is 20.9 Å². The van der Waals surface area contributed by atoms with E-state index in [1.807, 2.05) is 0 Å². The van der Waals surface area contributed by atoms with E-state index in [0.29, 0.717) is 5.96 Å². The van der Waals surface area contributed by atoms with Gasteiger partial charge in [-0.15, -0.1) is 5.53 Å². The van der Waals surface area contributed by atoms with Gasteiger partial charge in [0.25, 0.3) is 0 Å². The van der Waals surface area contributed by atoms with E-state index in [1.54, 1.807) is 18.4 Å². The third-order valence-electron chi connectivity index (χ3n) is 1.26. The van der Waals surface area contributed by atoms with Crippen molar-refractivity contribution in [2.45, 2.75) is 0 Å². The van der Waals surface area contributed by atoms with E-state index in [-0.39, 0.29) is 0 Å². The molecular weight excluding hydrogens is 144 g/mol. The van der Waals surface area contributed by atoms with Crippen molar-refractivity contribution in [3.8, 4) is 0 Å². The lowest BCUT2D eigenvalue weighted by Crippen LogP contribution is -2.50. The Morgan fingerprint density at radius 1 is 1.82 bits per heavy atom. The van der Waals surface area contributed by atoms with Crippen LogP contribution in [0.15, 0.2) is 9.98 Å². The van der Waals surface area contributed by atoms with Crippen molar-refractivity contribution in [3.05, 3.63) is 0 Å². The number of hydrogen-bond donors (Lipinski definition) is 3. The van der Waals surface area contributed by atoms with Crippen molar-refractivity contribution < 1.29 is 0 Å². The molecule has 1 heterocycles. The Hall–Kier alpha value is -1.30. The first-order chi connectivity index (χ1) is 5.33. The van der Waals surface area contributed by atoms with Crippen molar-refractivity contribution in [3.63, 3.8) is 0 Å². The van der Waals surface area contributed by atoms with Crippen molar-refractivity contribution in [2.75, 3.05) is 20.1 Å². The van der Waals surface area contributed by atoms with Crippen LogP contribution in [0.2, 0.25) is 0 Å². The third-order valence-corrected chi connectivity index (χ3v) is 1.26. The minimum absolute atomic E-state index is 0.352. The highest BCUT2D eigenvalue weighted by Crippen LogP contribution is 1.84. The molecule has 6 nitrogen and oxygen atoms in total. The number of hydrazine groups is 2. The second-order valence-electron chi connectivity index (χ2n) is 2.06. The monoisotopic (exact) mass is 156 g/mol. The van der Waals surface area contributed by atoms with Crippen molar-refractivity contribution in [1.29, 1.82) is 0 Å². The summed E-state index contributed by atoms with van der Waals surface area (Å²) >= 11 is 0. The summed E-state index contributed by atoms with van der Waals surface area (Å²) in [6.07, 6.45) is 1.70. The topological polar surface area (TPSA) is 78.0 Å². The Balaban J connectivity index is 2.16. The summed E-state index contributed by atoms with van der Waals surface area (Å²) in [6, 6.07) is 0. The van der Waals surface area contributed by atoms with E-state index >= 15 is 0 Å². The molecule has 11 heavy (non-hydrogen) atoms. The first-order valence-corrected chi connectivity index (χ1v) is 3.33. The summed E-state index contributed by atoms with van der Waals surface area (Å²) in [5, 5.41) is 1.79. The van der Waals surface area contributed by atoms with E-state index in [9.17, 15) is 0 Å². The largest absolute Gasteiger partial charge is 0.369 e. The summed E-state index contributed by atoms with van der Waals surface area (Å²) in [7, 11) is 1.61. The van der Waals surface area contributed by atoms with Crippen LogP contribution in [0.25, 0.3) is 0 Å². The molecule has 0 atom stereocenters. The second kappa shape index (κ2) is 3.77. The van der Waals surface area contributed by atoms with Crippen LogP contribution in [0.3, 0.4) is 0 Å². The molecule has 62 valence electrons. The average Bonchev–Trinajstić information content (AvgIpc) is 2.52. The van der Waals surface area contributed by atoms with Gasteiger partial charge in [-0.25, -0.2) is 0 Å². The maximum absolute atomic E-state index is 5.36. The standard InChI is InChI=1S/C5H12N6/c1-7-5(6)9-10-11-3-2-8-4-11/h4,10H,2-3H2,1H3,(H3,6,7,9). The molecule has 0 amide bonds. The summed E-state index contributed by atoms with van der Waals surface area (Å²) in [5.41, 5.74) is 10.9. The minimum atomic E-state index is 0.352. The molecule has 0 radical (unpaired) electrons. The summed E-state index contributed by atoms with van der Waals surface area (Å²) in [5.74, 6) is 0.352. The zero-order valence-corrected chi connectivity index (χ0v) is 6.41. The molecule has 1 aliphatic rings. The highest BCUT2D eigenvalue weighted by molar-refractivity contribution is 5.77. The number of nitrogens with zero attached hydrogens (tertiary/aromatic N) is 3. The number of nitrogens with two attached hydrogens (primary N) is 1. The molecule has 0 saturated carbocycles. The van der Waals surface area contributed by atoms with Gasteiger partial charge in [-0.1, -0.05) is 0 Å². The van der Waals surface area contributed by atoms with E-state index in [1.165, 1.54) is 0 Å². The zero-order chi connectivity index (χ0) is 8.10. The molecule has 0 aromatic carbocycles. The average molecular weight is 156 g/mol. The molecule has 0 aromatic rings. The normalized spacial score (nSPS) is 17.5. The third kappa shape index (κ3) is 2.42. The van der Waals surface area contributed by atoms with Gasteiger partial charge in [0.1, 0.15) is 6.34 Å². The molecule has 1 aliphatic heterocycles. The molecule has 0 aromatic heterocycles. The van der Waals surface area contributed by atoms with Crippen LogP contribution in [-0.2, 0) is 0 Å². The Kier molecular flexibility index (Phi) is 2.67. The number of rotatable bonds is 2. The van der Waals surface area contributed by atoms with Gasteiger partial charge in [-0.2, -0.15) is 0 Å². The van der Waals surface area contributed by atoms with E-state index in [0.717, 1.165) is 13.1 Å².